The minimum absolute atomic E-state index is 0.0697. The average Bonchev–Trinajstić information content (AvgIpc) is 2.60. The van der Waals surface area contributed by atoms with Crippen LogP contribution in [-0.2, 0) is 4.79 Å². The van der Waals surface area contributed by atoms with E-state index in [0.29, 0.717) is 18.4 Å². The normalized spacial score (nSPS) is 29.1. The molecule has 0 radical (unpaired) electrons. The molecule has 1 aliphatic carbocycles. The first-order valence-electron chi connectivity index (χ1n) is 6.30. The van der Waals surface area contributed by atoms with Crippen molar-refractivity contribution in [2.75, 3.05) is 13.1 Å². The number of carbonyl (C=O) groups is 1. The summed E-state index contributed by atoms with van der Waals surface area (Å²) in [5.41, 5.74) is 0.304. The molecule has 0 bridgehead atoms. The predicted molar refractivity (Wildman–Crippen MR) is 61.5 cm³/mol. The smallest absolute Gasteiger partial charge is 0.224 e. The molecule has 1 saturated heterocycles. The maximum atomic E-state index is 11.7. The second-order valence-corrected chi connectivity index (χ2v) is 5.68. The summed E-state index contributed by atoms with van der Waals surface area (Å²) in [5, 5.41) is 8.84. The van der Waals surface area contributed by atoms with Crippen molar-refractivity contribution < 1.29 is 4.79 Å². The summed E-state index contributed by atoms with van der Waals surface area (Å²) in [6.07, 6.45) is 6.82. The lowest BCUT2D eigenvalue weighted by Crippen LogP contribution is -2.38. The van der Waals surface area contributed by atoms with E-state index in [1.165, 1.54) is 32.1 Å². The number of nitriles is 1. The molecule has 88 valence electrons. The van der Waals surface area contributed by atoms with E-state index in [-0.39, 0.29) is 11.8 Å². The summed E-state index contributed by atoms with van der Waals surface area (Å²) >= 11 is 0. The van der Waals surface area contributed by atoms with E-state index in [1.54, 1.807) is 0 Å². The first-order valence-corrected chi connectivity index (χ1v) is 6.30. The molecule has 0 aromatic heterocycles. The number of nitrogens with zero attached hydrogens (tertiary/aromatic N) is 2. The average molecular weight is 220 g/mol. The van der Waals surface area contributed by atoms with Crippen LogP contribution < -0.4 is 0 Å². The van der Waals surface area contributed by atoms with Gasteiger partial charge in [-0.25, -0.2) is 0 Å². The molecule has 1 aliphatic heterocycles. The van der Waals surface area contributed by atoms with E-state index in [2.05, 4.69) is 13.0 Å². The Morgan fingerprint density at radius 1 is 1.44 bits per heavy atom. The van der Waals surface area contributed by atoms with Gasteiger partial charge in [0.2, 0.25) is 5.91 Å². The molecule has 1 atom stereocenters. The van der Waals surface area contributed by atoms with Crippen LogP contribution >= 0.6 is 0 Å². The number of hydrogen-bond donors (Lipinski definition) is 0. The van der Waals surface area contributed by atoms with Gasteiger partial charge >= 0.3 is 0 Å². The van der Waals surface area contributed by atoms with Crippen LogP contribution in [0.15, 0.2) is 0 Å². The fourth-order valence-corrected chi connectivity index (χ4v) is 3.04. The molecule has 2 rings (SSSR count). The zero-order valence-corrected chi connectivity index (χ0v) is 10.0. The second kappa shape index (κ2) is 4.45. The molecule has 2 aliphatic rings. The van der Waals surface area contributed by atoms with Gasteiger partial charge < -0.3 is 4.90 Å². The lowest BCUT2D eigenvalue weighted by atomic mass is 9.75. The van der Waals surface area contributed by atoms with Crippen LogP contribution in [0, 0.1) is 22.7 Å². The Hall–Kier alpha value is -1.04. The van der Waals surface area contributed by atoms with Gasteiger partial charge in [0.15, 0.2) is 0 Å². The summed E-state index contributed by atoms with van der Waals surface area (Å²) < 4.78 is 0. The molecule has 16 heavy (non-hydrogen) atoms. The Balaban J connectivity index is 1.94. The highest BCUT2D eigenvalue weighted by molar-refractivity contribution is 5.79. The molecule has 1 heterocycles. The van der Waals surface area contributed by atoms with Crippen molar-refractivity contribution in [1.82, 2.24) is 4.90 Å². The molecule has 1 saturated carbocycles. The molecule has 0 spiro atoms. The number of hydrogen-bond acceptors (Lipinski definition) is 2. The lowest BCUT2D eigenvalue weighted by molar-refractivity contribution is -0.129. The first-order chi connectivity index (χ1) is 7.63. The third kappa shape index (κ3) is 2.37. The zero-order valence-electron chi connectivity index (χ0n) is 10.0. The fraction of sp³-hybridized carbons (Fsp3) is 0.846. The largest absolute Gasteiger partial charge is 0.341 e. The maximum Gasteiger partial charge on any atom is 0.224 e. The van der Waals surface area contributed by atoms with Gasteiger partial charge in [0, 0.05) is 19.5 Å². The molecule has 1 amide bonds. The van der Waals surface area contributed by atoms with Gasteiger partial charge in [-0.15, -0.1) is 0 Å². The van der Waals surface area contributed by atoms with Crippen molar-refractivity contribution in [3.63, 3.8) is 0 Å². The minimum Gasteiger partial charge on any atom is -0.341 e. The standard InChI is InChI=1S/C13H20N2O/c1-13(5-3-2-4-6-13)10-15-9-11(8-14)7-12(15)16/h11H,2-7,9-10H2,1H3. The highest BCUT2D eigenvalue weighted by atomic mass is 16.2. The highest BCUT2D eigenvalue weighted by Gasteiger charge is 2.35. The SMILES string of the molecule is CC1(CN2CC(C#N)CC2=O)CCCCC1. The lowest BCUT2D eigenvalue weighted by Gasteiger charge is -2.37. The number of amides is 1. The van der Waals surface area contributed by atoms with E-state index in [4.69, 9.17) is 5.26 Å². The molecule has 3 heteroatoms. The van der Waals surface area contributed by atoms with Crippen LogP contribution in [-0.4, -0.2) is 23.9 Å². The Morgan fingerprint density at radius 3 is 2.69 bits per heavy atom. The predicted octanol–water partition coefficient (Wildman–Crippen LogP) is 2.33. The molecule has 2 fully saturated rings. The van der Waals surface area contributed by atoms with Gasteiger partial charge in [0.1, 0.15) is 0 Å². The third-order valence-corrected chi connectivity index (χ3v) is 4.03. The van der Waals surface area contributed by atoms with Crippen LogP contribution in [0.3, 0.4) is 0 Å². The van der Waals surface area contributed by atoms with E-state index in [0.717, 1.165) is 6.54 Å². The van der Waals surface area contributed by atoms with Gasteiger partial charge in [0.25, 0.3) is 0 Å². The molecular weight excluding hydrogens is 200 g/mol. The van der Waals surface area contributed by atoms with Crippen molar-refractivity contribution >= 4 is 5.91 Å². The number of rotatable bonds is 2. The van der Waals surface area contributed by atoms with Gasteiger partial charge in [-0.1, -0.05) is 26.2 Å². The van der Waals surface area contributed by atoms with Crippen molar-refractivity contribution in [1.29, 1.82) is 5.26 Å². The van der Waals surface area contributed by atoms with Gasteiger partial charge in [0.05, 0.1) is 12.0 Å². The highest BCUT2D eigenvalue weighted by Crippen LogP contribution is 2.37. The number of carbonyl (C=O) groups excluding carboxylic acids is 1. The molecule has 1 unspecified atom stereocenters. The van der Waals surface area contributed by atoms with E-state index >= 15 is 0 Å². The molecule has 3 nitrogen and oxygen atoms in total. The third-order valence-electron chi connectivity index (χ3n) is 4.03. The topological polar surface area (TPSA) is 44.1 Å². The van der Waals surface area contributed by atoms with Crippen LogP contribution in [0.2, 0.25) is 0 Å². The van der Waals surface area contributed by atoms with Gasteiger partial charge in [-0.05, 0) is 18.3 Å². The summed E-state index contributed by atoms with van der Waals surface area (Å²) in [7, 11) is 0. The Bertz CT molecular complexity index is 312. The van der Waals surface area contributed by atoms with Gasteiger partial charge in [-0.2, -0.15) is 5.26 Å². The summed E-state index contributed by atoms with van der Waals surface area (Å²) in [4.78, 5) is 13.7. The van der Waals surface area contributed by atoms with E-state index in [9.17, 15) is 4.79 Å². The Kier molecular flexibility index (Phi) is 3.18. The van der Waals surface area contributed by atoms with Crippen molar-refractivity contribution in [3.05, 3.63) is 0 Å². The fourth-order valence-electron chi connectivity index (χ4n) is 3.04. The molecule has 0 aromatic carbocycles. The van der Waals surface area contributed by atoms with Crippen LogP contribution in [0.1, 0.15) is 45.4 Å². The molecular formula is C13H20N2O. The summed E-state index contributed by atoms with van der Waals surface area (Å²) in [6.45, 7) is 3.81. The van der Waals surface area contributed by atoms with E-state index in [1.807, 2.05) is 4.90 Å². The second-order valence-electron chi connectivity index (χ2n) is 5.68. The zero-order chi connectivity index (χ0) is 11.6. The summed E-state index contributed by atoms with van der Waals surface area (Å²) in [5.74, 6) is 0.109. The minimum atomic E-state index is -0.0697. The van der Waals surface area contributed by atoms with Crippen LogP contribution in [0.4, 0.5) is 0 Å². The van der Waals surface area contributed by atoms with Crippen molar-refractivity contribution in [3.8, 4) is 6.07 Å². The van der Waals surface area contributed by atoms with Crippen molar-refractivity contribution in [2.24, 2.45) is 11.3 Å². The molecule has 0 N–H and O–H groups in total. The van der Waals surface area contributed by atoms with Gasteiger partial charge in [-0.3, -0.25) is 4.79 Å². The summed E-state index contributed by atoms with van der Waals surface area (Å²) in [6, 6.07) is 2.21. The first kappa shape index (κ1) is 11.4. The maximum absolute atomic E-state index is 11.7. The van der Waals surface area contributed by atoms with Crippen LogP contribution in [0.25, 0.3) is 0 Å². The quantitative estimate of drug-likeness (QED) is 0.717. The van der Waals surface area contributed by atoms with Crippen LogP contribution in [0.5, 0.6) is 0 Å². The monoisotopic (exact) mass is 220 g/mol. The Morgan fingerprint density at radius 2 is 2.12 bits per heavy atom. The van der Waals surface area contributed by atoms with E-state index < -0.39 is 0 Å². The van der Waals surface area contributed by atoms with Crippen molar-refractivity contribution in [2.45, 2.75) is 45.4 Å². The number of likely N-dealkylation sites (tertiary alicyclic amines) is 1. The Labute approximate surface area is 97.4 Å². The molecule has 0 aromatic rings.